The summed E-state index contributed by atoms with van der Waals surface area (Å²) < 4.78 is 23.4. The summed E-state index contributed by atoms with van der Waals surface area (Å²) in [5.41, 5.74) is 0.0563. The Bertz CT molecular complexity index is 681. The van der Waals surface area contributed by atoms with Gasteiger partial charge in [-0.3, -0.25) is 4.79 Å². The third kappa shape index (κ3) is 1.27. The predicted molar refractivity (Wildman–Crippen MR) is 52.4 cm³/mol. The summed E-state index contributed by atoms with van der Waals surface area (Å²) in [7, 11) is 0. The van der Waals surface area contributed by atoms with E-state index in [0.717, 1.165) is 4.52 Å². The highest BCUT2D eigenvalue weighted by Crippen LogP contribution is 2.12. The molecular weight excluding hydrogens is 192 g/mol. The van der Waals surface area contributed by atoms with Crippen LogP contribution >= 0.6 is 0 Å². The average Bonchev–Trinajstić information content (AvgIpc) is 2.68. The third-order valence-electron chi connectivity index (χ3n) is 2.03. The first-order chi connectivity index (χ1) is 8.36. The number of rotatable bonds is 1. The lowest BCUT2D eigenvalue weighted by molar-refractivity contribution is 0.101. The summed E-state index contributed by atoms with van der Waals surface area (Å²) in [6, 6.07) is 1.86. The number of nitrogens with zero attached hydrogens (tertiary/aromatic N) is 4. The molecule has 0 amide bonds. The molecule has 0 bridgehead atoms. The number of carbonyl (C=O) groups is 1. The van der Waals surface area contributed by atoms with E-state index in [9.17, 15) is 4.79 Å². The van der Waals surface area contributed by atoms with Gasteiger partial charge in [0.1, 0.15) is 11.6 Å². The zero-order valence-corrected chi connectivity index (χ0v) is 7.85. The number of Topliss-reactive ketones (excluding diaryl/α,β-unsaturated/α-hetero) is 1. The minimum atomic E-state index is -2.51. The smallest absolute Gasteiger partial charge is 0.173 e. The van der Waals surface area contributed by atoms with Crippen molar-refractivity contribution in [2.75, 3.05) is 0 Å². The highest BCUT2D eigenvalue weighted by molar-refractivity contribution is 5.95. The molecule has 0 radical (unpaired) electrons. The van der Waals surface area contributed by atoms with Crippen LogP contribution in [0.25, 0.3) is 5.65 Å². The summed E-state index contributed by atoms with van der Waals surface area (Å²) in [5, 5.41) is 12.7. The number of aryl methyl sites for hydroxylation is 1. The van der Waals surface area contributed by atoms with Gasteiger partial charge < -0.3 is 0 Å². The Kier molecular flexibility index (Phi) is 1.33. The van der Waals surface area contributed by atoms with Crippen LogP contribution in [0.5, 0.6) is 0 Å². The largest absolute Gasteiger partial charge is 0.294 e. The Hall–Kier alpha value is -2.22. The molecule has 5 heteroatoms. The van der Waals surface area contributed by atoms with Crippen LogP contribution in [0.4, 0.5) is 0 Å². The van der Waals surface area contributed by atoms with E-state index in [0.29, 0.717) is 0 Å². The molecule has 0 N–H and O–H groups in total. The van der Waals surface area contributed by atoms with Crippen LogP contribution in [0.1, 0.15) is 32.7 Å². The number of ketones is 1. The molecule has 2 aromatic heterocycles. The molecule has 2 rings (SSSR count). The molecule has 0 saturated carbocycles. The maximum absolute atomic E-state index is 11.4. The van der Waals surface area contributed by atoms with E-state index in [2.05, 4.69) is 10.1 Å². The number of hydrogen-bond donors (Lipinski definition) is 0. The Morgan fingerprint density at radius 1 is 1.67 bits per heavy atom. The second-order valence-electron chi connectivity index (χ2n) is 2.98. The van der Waals surface area contributed by atoms with Crippen molar-refractivity contribution in [3.63, 3.8) is 0 Å². The van der Waals surface area contributed by atoms with Crippen LogP contribution in [0.3, 0.4) is 0 Å². The molecule has 2 heterocycles. The second kappa shape index (κ2) is 3.17. The van der Waals surface area contributed by atoms with Gasteiger partial charge in [-0.2, -0.15) is 10.4 Å². The normalized spacial score (nSPS) is 14.0. The fourth-order valence-electron chi connectivity index (χ4n) is 1.27. The van der Waals surface area contributed by atoms with Gasteiger partial charge in [-0.15, -0.1) is 0 Å². The van der Waals surface area contributed by atoms with Crippen molar-refractivity contribution in [2.24, 2.45) is 0 Å². The third-order valence-corrected chi connectivity index (χ3v) is 2.03. The van der Waals surface area contributed by atoms with E-state index in [1.54, 1.807) is 0 Å². The van der Waals surface area contributed by atoms with Crippen molar-refractivity contribution >= 4 is 11.4 Å². The van der Waals surface area contributed by atoms with Crippen LogP contribution < -0.4 is 0 Å². The van der Waals surface area contributed by atoms with Crippen molar-refractivity contribution in [3.05, 3.63) is 29.2 Å². The fraction of sp³-hybridized carbons (Fsp3) is 0.200. The van der Waals surface area contributed by atoms with E-state index in [4.69, 9.17) is 9.37 Å². The quantitative estimate of drug-likeness (QED) is 0.651. The molecule has 5 nitrogen and oxygen atoms in total. The van der Waals surface area contributed by atoms with E-state index in [1.165, 1.54) is 19.3 Å². The first kappa shape index (κ1) is 6.30. The first-order valence-corrected chi connectivity index (χ1v) is 4.14. The molecule has 15 heavy (non-hydrogen) atoms. The van der Waals surface area contributed by atoms with Gasteiger partial charge in [-0.25, -0.2) is 9.50 Å². The van der Waals surface area contributed by atoms with Crippen LogP contribution in [0.15, 0.2) is 12.4 Å². The number of aromatic nitrogens is 3. The summed E-state index contributed by atoms with van der Waals surface area (Å²) >= 11 is 0. The molecule has 0 spiro atoms. The molecule has 74 valence electrons. The van der Waals surface area contributed by atoms with E-state index in [-0.39, 0.29) is 22.5 Å². The van der Waals surface area contributed by atoms with Gasteiger partial charge in [-0.1, -0.05) is 0 Å². The highest BCUT2D eigenvalue weighted by atomic mass is 16.1. The van der Waals surface area contributed by atoms with Gasteiger partial charge in [0.15, 0.2) is 11.4 Å². The molecule has 0 aliphatic heterocycles. The first-order valence-electron chi connectivity index (χ1n) is 5.64. The average molecular weight is 203 g/mol. The fourth-order valence-corrected chi connectivity index (χ4v) is 1.27. The minimum Gasteiger partial charge on any atom is -0.294 e. The van der Waals surface area contributed by atoms with Gasteiger partial charge in [0.2, 0.25) is 0 Å². The van der Waals surface area contributed by atoms with Crippen LogP contribution in [0.2, 0.25) is 0 Å². The number of nitriles is 1. The van der Waals surface area contributed by atoms with Crippen molar-refractivity contribution in [3.8, 4) is 6.07 Å². The van der Waals surface area contributed by atoms with Crippen LogP contribution in [-0.4, -0.2) is 20.4 Å². The molecule has 0 unspecified atom stereocenters. The molecule has 0 aromatic carbocycles. The van der Waals surface area contributed by atoms with Crippen LogP contribution in [0, 0.1) is 18.2 Å². The molecular formula is C10H8N4O. The lowest BCUT2D eigenvalue weighted by Crippen LogP contribution is -2.05. The Morgan fingerprint density at radius 2 is 2.47 bits per heavy atom. The number of carbonyl (C=O) groups excluding carboxylic acids is 1. The Labute approximate surface area is 90.2 Å². The second-order valence-corrected chi connectivity index (χ2v) is 2.98. The topological polar surface area (TPSA) is 71.0 Å². The zero-order chi connectivity index (χ0) is 13.5. The molecule has 0 atom stereocenters. The van der Waals surface area contributed by atoms with Gasteiger partial charge in [-0.05, 0) is 13.8 Å². The van der Waals surface area contributed by atoms with Crippen LogP contribution in [-0.2, 0) is 0 Å². The molecule has 0 fully saturated rings. The maximum Gasteiger partial charge on any atom is 0.173 e. The van der Waals surface area contributed by atoms with Crippen molar-refractivity contribution in [2.45, 2.75) is 13.8 Å². The minimum absolute atomic E-state index is 0.0184. The molecule has 2 aromatic rings. The van der Waals surface area contributed by atoms with E-state index in [1.807, 2.05) is 6.07 Å². The Morgan fingerprint density at radius 3 is 3.07 bits per heavy atom. The Balaban J connectivity index is 2.92. The summed E-state index contributed by atoms with van der Waals surface area (Å²) in [6.45, 7) is -1.26. The predicted octanol–water partition coefficient (Wildman–Crippen LogP) is 1.11. The monoisotopic (exact) mass is 203 g/mol. The number of fused-ring (bicyclic) bond motifs is 1. The van der Waals surface area contributed by atoms with E-state index >= 15 is 0 Å². The SMILES string of the molecule is [2H]C([2H])([2H])c1c(C(C)=O)cnc2c(C#N)cnn12. The lowest BCUT2D eigenvalue weighted by atomic mass is 10.2. The van der Waals surface area contributed by atoms with Gasteiger partial charge in [0.05, 0.1) is 17.5 Å². The van der Waals surface area contributed by atoms with Crippen molar-refractivity contribution in [1.82, 2.24) is 14.6 Å². The van der Waals surface area contributed by atoms with Gasteiger partial charge >= 0.3 is 0 Å². The zero-order valence-electron chi connectivity index (χ0n) is 10.9. The highest BCUT2D eigenvalue weighted by Gasteiger charge is 2.11. The molecule has 0 aliphatic carbocycles. The molecule has 0 aliphatic rings. The van der Waals surface area contributed by atoms with Crippen molar-refractivity contribution < 1.29 is 8.91 Å². The summed E-state index contributed by atoms with van der Waals surface area (Å²) in [5.74, 6) is -0.412. The number of hydrogen-bond acceptors (Lipinski definition) is 4. The molecule has 0 saturated heterocycles. The maximum atomic E-state index is 11.4. The summed E-state index contributed by atoms with van der Waals surface area (Å²) in [6.07, 6.45) is 2.39. The van der Waals surface area contributed by atoms with Gasteiger partial charge in [0, 0.05) is 10.3 Å². The van der Waals surface area contributed by atoms with Gasteiger partial charge in [0.25, 0.3) is 0 Å². The summed E-state index contributed by atoms with van der Waals surface area (Å²) in [4.78, 5) is 15.4. The van der Waals surface area contributed by atoms with Crippen molar-refractivity contribution in [1.29, 1.82) is 5.26 Å². The van der Waals surface area contributed by atoms with E-state index < -0.39 is 12.6 Å². The lowest BCUT2D eigenvalue weighted by Gasteiger charge is -2.03. The standard InChI is InChI=1S/C10H8N4O/c1-6-9(7(2)15)5-12-10-8(3-11)4-13-14(6)10/h4-5H,1-2H3/i1D3.